The molecule has 0 aliphatic heterocycles. The van der Waals surface area contributed by atoms with Gasteiger partial charge in [0.15, 0.2) is 0 Å². The number of hydrogen-bond acceptors (Lipinski definition) is 3. The van der Waals surface area contributed by atoms with Crippen molar-refractivity contribution in [2.45, 2.75) is 18.2 Å². The third kappa shape index (κ3) is 2.41. The largest absolute Gasteiger partial charge is 0.477 e. The van der Waals surface area contributed by atoms with Crippen molar-refractivity contribution < 1.29 is 18.3 Å². The van der Waals surface area contributed by atoms with Crippen LogP contribution in [0.25, 0.3) is 0 Å². The fourth-order valence-electron chi connectivity index (χ4n) is 1.91. The standard InChI is InChI=1S/C11H16N2O4S/c1-7-3-8(7)6-13(2)18(16,17)9-4-10(11(14)15)12-5-9/h4-5,7-8,12H,3,6H2,1-2H3,(H,14,15). The van der Waals surface area contributed by atoms with E-state index in [4.69, 9.17) is 5.11 Å². The van der Waals surface area contributed by atoms with E-state index in [1.165, 1.54) is 17.5 Å². The molecule has 2 unspecified atom stereocenters. The summed E-state index contributed by atoms with van der Waals surface area (Å²) >= 11 is 0. The van der Waals surface area contributed by atoms with E-state index < -0.39 is 16.0 Å². The van der Waals surface area contributed by atoms with Crippen molar-refractivity contribution in [3.8, 4) is 0 Å². The number of H-pyrrole nitrogens is 1. The van der Waals surface area contributed by atoms with Crippen LogP contribution in [0.15, 0.2) is 17.2 Å². The molecule has 1 heterocycles. The Labute approximate surface area is 106 Å². The van der Waals surface area contributed by atoms with E-state index >= 15 is 0 Å². The van der Waals surface area contributed by atoms with Gasteiger partial charge >= 0.3 is 5.97 Å². The molecule has 0 radical (unpaired) electrons. The van der Waals surface area contributed by atoms with Crippen LogP contribution in [0.4, 0.5) is 0 Å². The number of carboxylic acid groups (broad SMARTS) is 1. The molecule has 0 bridgehead atoms. The summed E-state index contributed by atoms with van der Waals surface area (Å²) < 4.78 is 25.6. The lowest BCUT2D eigenvalue weighted by Crippen LogP contribution is -2.29. The molecule has 1 saturated carbocycles. The van der Waals surface area contributed by atoms with Gasteiger partial charge in [-0.05, 0) is 24.3 Å². The summed E-state index contributed by atoms with van der Waals surface area (Å²) in [6, 6.07) is 1.14. The number of rotatable bonds is 5. The van der Waals surface area contributed by atoms with E-state index in [1.54, 1.807) is 0 Å². The summed E-state index contributed by atoms with van der Waals surface area (Å²) in [6.45, 7) is 2.57. The van der Waals surface area contributed by atoms with E-state index in [1.807, 2.05) is 0 Å². The predicted molar refractivity (Wildman–Crippen MR) is 64.8 cm³/mol. The molecule has 1 aliphatic rings. The highest BCUT2D eigenvalue weighted by molar-refractivity contribution is 7.89. The van der Waals surface area contributed by atoms with Gasteiger partial charge in [-0.3, -0.25) is 0 Å². The number of aromatic nitrogens is 1. The third-order valence-electron chi connectivity index (χ3n) is 3.36. The van der Waals surface area contributed by atoms with Gasteiger partial charge in [0, 0.05) is 19.8 Å². The highest BCUT2D eigenvalue weighted by atomic mass is 32.2. The summed E-state index contributed by atoms with van der Waals surface area (Å²) in [6.07, 6.45) is 2.26. The molecule has 1 fully saturated rings. The molecule has 18 heavy (non-hydrogen) atoms. The topological polar surface area (TPSA) is 90.5 Å². The maximum absolute atomic E-state index is 12.2. The van der Waals surface area contributed by atoms with E-state index in [0.29, 0.717) is 18.4 Å². The summed E-state index contributed by atoms with van der Waals surface area (Å²) in [5.41, 5.74) is -0.123. The van der Waals surface area contributed by atoms with Gasteiger partial charge in [-0.1, -0.05) is 6.92 Å². The minimum Gasteiger partial charge on any atom is -0.477 e. The molecule has 2 rings (SSSR count). The Balaban J connectivity index is 2.15. The Hall–Kier alpha value is -1.34. The second kappa shape index (κ2) is 4.40. The van der Waals surface area contributed by atoms with Gasteiger partial charge in [0.1, 0.15) is 10.6 Å². The summed E-state index contributed by atoms with van der Waals surface area (Å²) in [5, 5.41) is 8.75. The zero-order valence-corrected chi connectivity index (χ0v) is 11.1. The Morgan fingerprint density at radius 3 is 2.67 bits per heavy atom. The molecule has 1 aromatic rings. The average Bonchev–Trinajstić information content (AvgIpc) is 2.83. The lowest BCUT2D eigenvalue weighted by Gasteiger charge is -2.15. The lowest BCUT2D eigenvalue weighted by atomic mass is 10.3. The van der Waals surface area contributed by atoms with Crippen molar-refractivity contribution in [3.05, 3.63) is 18.0 Å². The van der Waals surface area contributed by atoms with E-state index in [9.17, 15) is 13.2 Å². The van der Waals surface area contributed by atoms with Crippen molar-refractivity contribution in [1.29, 1.82) is 0 Å². The number of nitrogens with one attached hydrogen (secondary N) is 1. The smallest absolute Gasteiger partial charge is 0.352 e. The first-order chi connectivity index (χ1) is 8.32. The van der Waals surface area contributed by atoms with Crippen LogP contribution in [0.5, 0.6) is 0 Å². The van der Waals surface area contributed by atoms with Gasteiger partial charge in [-0.25, -0.2) is 17.5 Å². The van der Waals surface area contributed by atoms with Crippen LogP contribution in [0.1, 0.15) is 23.8 Å². The molecular weight excluding hydrogens is 256 g/mol. The number of hydrogen-bond donors (Lipinski definition) is 2. The number of sulfonamides is 1. The number of nitrogens with zero attached hydrogens (tertiary/aromatic N) is 1. The fourth-order valence-corrected chi connectivity index (χ4v) is 3.13. The summed E-state index contributed by atoms with van der Waals surface area (Å²) in [5.74, 6) is -0.180. The van der Waals surface area contributed by atoms with Crippen LogP contribution in [0.2, 0.25) is 0 Å². The lowest BCUT2D eigenvalue weighted by molar-refractivity contribution is 0.0691. The van der Waals surface area contributed by atoms with Crippen molar-refractivity contribution in [2.24, 2.45) is 11.8 Å². The third-order valence-corrected chi connectivity index (χ3v) is 5.16. The highest BCUT2D eigenvalue weighted by Crippen LogP contribution is 2.38. The first-order valence-electron chi connectivity index (χ1n) is 5.70. The quantitative estimate of drug-likeness (QED) is 0.836. The Kier molecular flexibility index (Phi) is 3.20. The molecule has 1 aromatic heterocycles. The van der Waals surface area contributed by atoms with Gasteiger partial charge in [0.2, 0.25) is 10.0 Å². The van der Waals surface area contributed by atoms with Crippen LogP contribution in [-0.2, 0) is 10.0 Å². The molecule has 1 aliphatic carbocycles. The van der Waals surface area contributed by atoms with Gasteiger partial charge in [0.25, 0.3) is 0 Å². The monoisotopic (exact) mass is 272 g/mol. The van der Waals surface area contributed by atoms with Crippen molar-refractivity contribution in [2.75, 3.05) is 13.6 Å². The van der Waals surface area contributed by atoms with E-state index in [0.717, 1.165) is 12.5 Å². The first-order valence-corrected chi connectivity index (χ1v) is 7.14. The van der Waals surface area contributed by atoms with Crippen LogP contribution in [-0.4, -0.2) is 42.4 Å². The van der Waals surface area contributed by atoms with Crippen molar-refractivity contribution >= 4 is 16.0 Å². The van der Waals surface area contributed by atoms with Crippen molar-refractivity contribution in [3.63, 3.8) is 0 Å². The maximum atomic E-state index is 12.2. The number of carbonyl (C=O) groups is 1. The summed E-state index contributed by atoms with van der Waals surface area (Å²) in [7, 11) is -2.07. The number of carboxylic acids is 1. The summed E-state index contributed by atoms with van der Waals surface area (Å²) in [4.78, 5) is 13.1. The molecular formula is C11H16N2O4S. The zero-order chi connectivity index (χ0) is 13.5. The zero-order valence-electron chi connectivity index (χ0n) is 10.3. The molecule has 6 nitrogen and oxygen atoms in total. The SMILES string of the molecule is CC1CC1CN(C)S(=O)(=O)c1c[nH]c(C(=O)O)c1. The molecule has 0 saturated heterocycles. The van der Waals surface area contributed by atoms with Crippen LogP contribution in [0, 0.1) is 11.8 Å². The Bertz CT molecular complexity index is 563. The van der Waals surface area contributed by atoms with E-state index in [-0.39, 0.29) is 10.6 Å². The molecule has 0 amide bonds. The normalized spacial score (nSPS) is 23.3. The Morgan fingerprint density at radius 1 is 1.61 bits per heavy atom. The second-order valence-corrected chi connectivity index (χ2v) is 6.86. The molecule has 2 N–H and O–H groups in total. The van der Waals surface area contributed by atoms with Crippen LogP contribution in [0.3, 0.4) is 0 Å². The van der Waals surface area contributed by atoms with E-state index in [2.05, 4.69) is 11.9 Å². The second-order valence-electron chi connectivity index (χ2n) is 4.81. The number of aromatic amines is 1. The number of aromatic carboxylic acids is 1. The van der Waals surface area contributed by atoms with Crippen LogP contribution < -0.4 is 0 Å². The minimum absolute atomic E-state index is 0.00398. The van der Waals surface area contributed by atoms with Crippen molar-refractivity contribution in [1.82, 2.24) is 9.29 Å². The van der Waals surface area contributed by atoms with Crippen LogP contribution >= 0.6 is 0 Å². The average molecular weight is 272 g/mol. The maximum Gasteiger partial charge on any atom is 0.352 e. The predicted octanol–water partition coefficient (Wildman–Crippen LogP) is 0.989. The van der Waals surface area contributed by atoms with Gasteiger partial charge in [-0.15, -0.1) is 0 Å². The molecule has 0 aromatic carbocycles. The minimum atomic E-state index is -3.59. The van der Waals surface area contributed by atoms with Gasteiger partial charge in [0.05, 0.1) is 0 Å². The molecule has 0 spiro atoms. The first kappa shape index (κ1) is 13.1. The highest BCUT2D eigenvalue weighted by Gasteiger charge is 2.36. The van der Waals surface area contributed by atoms with Gasteiger partial charge < -0.3 is 10.1 Å². The molecule has 100 valence electrons. The molecule has 2 atom stereocenters. The molecule has 7 heteroatoms. The van der Waals surface area contributed by atoms with Gasteiger partial charge in [-0.2, -0.15) is 0 Å². The fraction of sp³-hybridized carbons (Fsp3) is 0.545. The Morgan fingerprint density at radius 2 is 2.22 bits per heavy atom.